The molecule has 0 aliphatic rings. The highest BCUT2D eigenvalue weighted by atomic mass is 16.3. The van der Waals surface area contributed by atoms with Gasteiger partial charge in [-0.1, -0.05) is 12.1 Å². The van der Waals surface area contributed by atoms with Crippen LogP contribution >= 0.6 is 0 Å². The first kappa shape index (κ1) is 13.9. The number of nitrogens with zero attached hydrogens (tertiary/aromatic N) is 1. The third kappa shape index (κ3) is 2.89. The van der Waals surface area contributed by atoms with E-state index in [1.54, 1.807) is 30.3 Å². The number of carbonyl (C=O) groups is 1. The first-order chi connectivity index (χ1) is 9.63. The number of benzene rings is 1. The van der Waals surface area contributed by atoms with Gasteiger partial charge in [0.2, 0.25) is 0 Å². The second kappa shape index (κ2) is 6.07. The number of rotatable bonds is 5. The van der Waals surface area contributed by atoms with Gasteiger partial charge in [0.25, 0.3) is 0 Å². The van der Waals surface area contributed by atoms with Crippen LogP contribution in [0.4, 0.5) is 0 Å². The van der Waals surface area contributed by atoms with Crippen LogP contribution in [-0.4, -0.2) is 10.9 Å². The molecule has 4 heteroatoms. The van der Waals surface area contributed by atoms with Crippen LogP contribution in [0.2, 0.25) is 0 Å². The van der Waals surface area contributed by atoms with E-state index in [2.05, 4.69) is 6.07 Å². The number of Topliss-reactive ketones (excluding diaryl/α,β-unsaturated/α-hetero) is 1. The number of phenols is 1. The minimum Gasteiger partial charge on any atom is -0.507 e. The lowest BCUT2D eigenvalue weighted by Crippen LogP contribution is -1.91. The lowest BCUT2D eigenvalue weighted by molar-refractivity contribution is 0.101. The van der Waals surface area contributed by atoms with Crippen LogP contribution in [0.25, 0.3) is 11.3 Å². The van der Waals surface area contributed by atoms with Gasteiger partial charge in [0.1, 0.15) is 17.3 Å². The number of unbranched alkanes of at least 4 members (excludes halogenated alkanes) is 1. The highest BCUT2D eigenvalue weighted by molar-refractivity contribution is 6.00. The summed E-state index contributed by atoms with van der Waals surface area (Å²) in [6.45, 7) is 1.47. The zero-order valence-corrected chi connectivity index (χ0v) is 11.2. The Morgan fingerprint density at radius 3 is 2.80 bits per heavy atom. The normalized spacial score (nSPS) is 10.2. The Morgan fingerprint density at radius 1 is 1.40 bits per heavy atom. The Labute approximate surface area is 117 Å². The van der Waals surface area contributed by atoms with Crippen molar-refractivity contribution in [2.75, 3.05) is 0 Å². The number of nitriles is 1. The number of aromatic hydroxyl groups is 1. The van der Waals surface area contributed by atoms with Crippen molar-refractivity contribution in [2.24, 2.45) is 0 Å². The predicted octanol–water partition coefficient (Wildman–Crippen LogP) is 3.70. The van der Waals surface area contributed by atoms with Crippen LogP contribution < -0.4 is 0 Å². The standard InChI is InChI=1S/C16H15NO3/c1-11(18)14-10-12(6-4-5-9-17)20-16(14)13-7-2-3-8-15(13)19/h2-3,7-8,10,19H,4-6H2,1H3. The molecule has 0 aliphatic heterocycles. The van der Waals surface area contributed by atoms with Crippen LogP contribution in [0.15, 0.2) is 34.7 Å². The molecule has 0 saturated carbocycles. The maximum atomic E-state index is 11.7. The van der Waals surface area contributed by atoms with Crippen LogP contribution in [0.5, 0.6) is 5.75 Å². The van der Waals surface area contributed by atoms with Crippen LogP contribution in [0.1, 0.15) is 35.9 Å². The van der Waals surface area contributed by atoms with E-state index in [0.717, 1.165) is 0 Å². The maximum absolute atomic E-state index is 11.7. The van der Waals surface area contributed by atoms with Gasteiger partial charge >= 0.3 is 0 Å². The van der Waals surface area contributed by atoms with Crippen molar-refractivity contribution in [3.05, 3.63) is 41.7 Å². The number of hydrogen-bond donors (Lipinski definition) is 1. The number of hydrogen-bond acceptors (Lipinski definition) is 4. The van der Waals surface area contributed by atoms with E-state index < -0.39 is 0 Å². The first-order valence-electron chi connectivity index (χ1n) is 6.42. The lowest BCUT2D eigenvalue weighted by atomic mass is 10.1. The average Bonchev–Trinajstić information content (AvgIpc) is 2.84. The van der Waals surface area contributed by atoms with Gasteiger partial charge in [-0.25, -0.2) is 0 Å². The van der Waals surface area contributed by atoms with Crippen molar-refractivity contribution in [2.45, 2.75) is 26.2 Å². The Hall–Kier alpha value is -2.54. The minimum absolute atomic E-state index is 0.0768. The molecule has 0 spiro atoms. The summed E-state index contributed by atoms with van der Waals surface area (Å²) in [5.41, 5.74) is 0.961. The summed E-state index contributed by atoms with van der Waals surface area (Å²) in [6.07, 6.45) is 1.73. The van der Waals surface area contributed by atoms with Crippen LogP contribution in [0, 0.1) is 11.3 Å². The zero-order valence-electron chi connectivity index (χ0n) is 11.2. The van der Waals surface area contributed by atoms with Crippen LogP contribution in [0.3, 0.4) is 0 Å². The van der Waals surface area contributed by atoms with Gasteiger partial charge in [0, 0.05) is 12.8 Å². The third-order valence-electron chi connectivity index (χ3n) is 3.02. The molecule has 0 unspecified atom stereocenters. The number of ketones is 1. The molecule has 0 bridgehead atoms. The Morgan fingerprint density at radius 2 is 2.15 bits per heavy atom. The topological polar surface area (TPSA) is 74.2 Å². The van der Waals surface area contributed by atoms with Gasteiger partial charge in [-0.3, -0.25) is 4.79 Å². The molecule has 0 saturated heterocycles. The fourth-order valence-electron chi connectivity index (χ4n) is 2.03. The van der Waals surface area contributed by atoms with Gasteiger partial charge in [-0.15, -0.1) is 0 Å². The van der Waals surface area contributed by atoms with E-state index in [1.807, 2.05) is 0 Å². The van der Waals surface area contributed by atoms with Gasteiger partial charge in [0.15, 0.2) is 5.78 Å². The van der Waals surface area contributed by atoms with Crippen molar-refractivity contribution in [3.63, 3.8) is 0 Å². The molecule has 20 heavy (non-hydrogen) atoms. The molecule has 1 N–H and O–H groups in total. The smallest absolute Gasteiger partial charge is 0.163 e. The number of phenolic OH excluding ortho intramolecular Hbond substituents is 1. The number of furan rings is 1. The second-order valence-electron chi connectivity index (χ2n) is 4.54. The van der Waals surface area contributed by atoms with Crippen molar-refractivity contribution in [1.82, 2.24) is 0 Å². The molecule has 0 aliphatic carbocycles. The van der Waals surface area contributed by atoms with Gasteiger partial charge in [0.05, 0.1) is 17.2 Å². The molecular formula is C16H15NO3. The van der Waals surface area contributed by atoms with Gasteiger partial charge in [-0.05, 0) is 31.5 Å². The van der Waals surface area contributed by atoms with Crippen LogP contribution in [-0.2, 0) is 6.42 Å². The summed E-state index contributed by atoms with van der Waals surface area (Å²) in [4.78, 5) is 11.7. The highest BCUT2D eigenvalue weighted by Crippen LogP contribution is 2.34. The summed E-state index contributed by atoms with van der Waals surface area (Å²) >= 11 is 0. The third-order valence-corrected chi connectivity index (χ3v) is 3.02. The fraction of sp³-hybridized carbons (Fsp3) is 0.250. The molecule has 4 nitrogen and oxygen atoms in total. The molecule has 1 aromatic carbocycles. The molecule has 0 fully saturated rings. The maximum Gasteiger partial charge on any atom is 0.163 e. The van der Waals surface area contributed by atoms with Crippen molar-refractivity contribution < 1.29 is 14.3 Å². The molecule has 2 rings (SSSR count). The van der Waals surface area contributed by atoms with E-state index in [-0.39, 0.29) is 11.5 Å². The molecule has 2 aromatic rings. The zero-order chi connectivity index (χ0) is 14.5. The first-order valence-corrected chi connectivity index (χ1v) is 6.42. The SMILES string of the molecule is CC(=O)c1cc(CCCC#N)oc1-c1ccccc1O. The molecule has 0 atom stereocenters. The van der Waals surface area contributed by atoms with E-state index in [9.17, 15) is 9.90 Å². The Balaban J connectivity index is 2.39. The van der Waals surface area contributed by atoms with E-state index in [4.69, 9.17) is 9.68 Å². The molecule has 1 aromatic heterocycles. The highest BCUT2D eigenvalue weighted by Gasteiger charge is 2.18. The molecule has 102 valence electrons. The summed E-state index contributed by atoms with van der Waals surface area (Å²) in [6, 6.07) is 10.5. The predicted molar refractivity (Wildman–Crippen MR) is 74.4 cm³/mol. The van der Waals surface area contributed by atoms with E-state index in [1.165, 1.54) is 6.92 Å². The number of para-hydroxylation sites is 1. The Bertz CT molecular complexity index is 665. The lowest BCUT2D eigenvalue weighted by Gasteiger charge is -2.02. The molecule has 1 heterocycles. The van der Waals surface area contributed by atoms with E-state index in [0.29, 0.717) is 41.9 Å². The molecular weight excluding hydrogens is 254 g/mol. The van der Waals surface area contributed by atoms with Crippen molar-refractivity contribution >= 4 is 5.78 Å². The molecule has 0 radical (unpaired) electrons. The average molecular weight is 269 g/mol. The molecule has 0 amide bonds. The Kier molecular flexibility index (Phi) is 4.21. The minimum atomic E-state index is -0.112. The fourth-order valence-corrected chi connectivity index (χ4v) is 2.03. The largest absolute Gasteiger partial charge is 0.507 e. The summed E-state index contributed by atoms with van der Waals surface area (Å²) in [5, 5.41) is 18.4. The van der Waals surface area contributed by atoms with Gasteiger partial charge in [-0.2, -0.15) is 5.26 Å². The summed E-state index contributed by atoms with van der Waals surface area (Å²) in [7, 11) is 0. The van der Waals surface area contributed by atoms with E-state index >= 15 is 0 Å². The van der Waals surface area contributed by atoms with Crippen molar-refractivity contribution in [1.29, 1.82) is 5.26 Å². The quantitative estimate of drug-likeness (QED) is 0.663. The summed E-state index contributed by atoms with van der Waals surface area (Å²) in [5.74, 6) is 1.01. The second-order valence-corrected chi connectivity index (χ2v) is 4.54. The monoisotopic (exact) mass is 269 g/mol. The van der Waals surface area contributed by atoms with Crippen molar-refractivity contribution in [3.8, 4) is 23.1 Å². The summed E-state index contributed by atoms with van der Waals surface area (Å²) < 4.78 is 5.70. The number of carbonyl (C=O) groups excluding carboxylic acids is 1. The van der Waals surface area contributed by atoms with Gasteiger partial charge < -0.3 is 9.52 Å². The number of aryl methyl sites for hydroxylation is 1.